The Morgan fingerprint density at radius 3 is 2.55 bits per heavy atom. The fourth-order valence-electron chi connectivity index (χ4n) is 1.69. The Morgan fingerprint density at radius 2 is 1.95 bits per heavy atom. The highest BCUT2D eigenvalue weighted by molar-refractivity contribution is 7.92. The summed E-state index contributed by atoms with van der Waals surface area (Å²) in [6, 6.07) is 5.97. The van der Waals surface area contributed by atoms with Crippen molar-refractivity contribution < 1.29 is 8.42 Å². The number of nitrogens with two attached hydrogens (primary N) is 1. The molecule has 1 aromatic heterocycles. The highest BCUT2D eigenvalue weighted by Gasteiger charge is 2.16. The minimum Gasteiger partial charge on any atom is -0.398 e. The first-order valence-corrected chi connectivity index (χ1v) is 7.67. The fraction of sp³-hybridized carbons (Fsp3) is 0.154. The van der Waals surface area contributed by atoms with Crippen molar-refractivity contribution in [1.29, 1.82) is 0 Å². The second-order valence-corrected chi connectivity index (χ2v) is 6.50. The molecule has 2 rings (SSSR count). The number of nitrogens with one attached hydrogen (secondary N) is 1. The predicted molar refractivity (Wildman–Crippen MR) is 80.4 cm³/mol. The Kier molecular flexibility index (Phi) is 3.87. The van der Waals surface area contributed by atoms with E-state index in [1.807, 2.05) is 13.8 Å². The SMILES string of the molecule is Cc1cc(S(=O)(=O)Nc2ccnc(Cl)c2)cc(N)c1C. The maximum Gasteiger partial charge on any atom is 0.261 e. The molecule has 0 unspecified atom stereocenters. The lowest BCUT2D eigenvalue weighted by atomic mass is 10.1. The van der Waals surface area contributed by atoms with Crippen molar-refractivity contribution in [2.24, 2.45) is 0 Å². The number of halogens is 1. The Morgan fingerprint density at radius 1 is 1.25 bits per heavy atom. The molecule has 0 radical (unpaired) electrons. The zero-order valence-electron chi connectivity index (χ0n) is 11.0. The zero-order chi connectivity index (χ0) is 14.9. The van der Waals surface area contributed by atoms with Gasteiger partial charge in [-0.2, -0.15) is 0 Å². The van der Waals surface area contributed by atoms with Crippen LogP contribution in [0.2, 0.25) is 5.15 Å². The van der Waals surface area contributed by atoms with Crippen LogP contribution in [-0.2, 0) is 10.0 Å². The van der Waals surface area contributed by atoms with Gasteiger partial charge in [0.1, 0.15) is 5.15 Å². The van der Waals surface area contributed by atoms with E-state index in [-0.39, 0.29) is 10.0 Å². The van der Waals surface area contributed by atoms with E-state index in [0.29, 0.717) is 11.4 Å². The highest BCUT2D eigenvalue weighted by Crippen LogP contribution is 2.23. The molecule has 0 fully saturated rings. The third-order valence-electron chi connectivity index (χ3n) is 2.97. The van der Waals surface area contributed by atoms with Crippen LogP contribution in [0.3, 0.4) is 0 Å². The summed E-state index contributed by atoms with van der Waals surface area (Å²) in [6.07, 6.45) is 1.43. The van der Waals surface area contributed by atoms with Gasteiger partial charge in [-0.25, -0.2) is 13.4 Å². The number of benzene rings is 1. The van der Waals surface area contributed by atoms with Gasteiger partial charge >= 0.3 is 0 Å². The Balaban J connectivity index is 2.41. The summed E-state index contributed by atoms with van der Waals surface area (Å²) in [6.45, 7) is 3.66. The van der Waals surface area contributed by atoms with E-state index < -0.39 is 10.0 Å². The molecule has 0 bridgehead atoms. The fourth-order valence-corrected chi connectivity index (χ4v) is 3.03. The topological polar surface area (TPSA) is 85.1 Å². The minimum absolute atomic E-state index is 0.117. The Labute approximate surface area is 122 Å². The first-order chi connectivity index (χ1) is 9.29. The normalized spacial score (nSPS) is 11.3. The third kappa shape index (κ3) is 3.02. The number of rotatable bonds is 3. The van der Waals surface area contributed by atoms with Crippen molar-refractivity contribution in [2.75, 3.05) is 10.5 Å². The van der Waals surface area contributed by atoms with Crippen LogP contribution >= 0.6 is 11.6 Å². The molecule has 1 aromatic carbocycles. The molecular weight excluding hydrogens is 298 g/mol. The van der Waals surface area contributed by atoms with Gasteiger partial charge in [-0.1, -0.05) is 11.6 Å². The van der Waals surface area contributed by atoms with Crippen LogP contribution in [0.25, 0.3) is 0 Å². The summed E-state index contributed by atoms with van der Waals surface area (Å²) in [5, 5.41) is 0.213. The molecule has 0 aliphatic heterocycles. The van der Waals surface area contributed by atoms with Crippen molar-refractivity contribution >= 4 is 33.0 Å². The average Bonchev–Trinajstić information content (AvgIpc) is 2.34. The van der Waals surface area contributed by atoms with Crippen molar-refractivity contribution in [3.63, 3.8) is 0 Å². The van der Waals surface area contributed by atoms with Gasteiger partial charge in [0.25, 0.3) is 10.0 Å². The number of sulfonamides is 1. The lowest BCUT2D eigenvalue weighted by Gasteiger charge is -2.11. The van der Waals surface area contributed by atoms with Crippen LogP contribution in [0.1, 0.15) is 11.1 Å². The Hall–Kier alpha value is -1.79. The van der Waals surface area contributed by atoms with Crippen molar-refractivity contribution in [3.8, 4) is 0 Å². The van der Waals surface area contributed by atoms with Crippen LogP contribution < -0.4 is 10.5 Å². The smallest absolute Gasteiger partial charge is 0.261 e. The first-order valence-electron chi connectivity index (χ1n) is 5.81. The van der Waals surface area contributed by atoms with Gasteiger partial charge in [-0.3, -0.25) is 4.72 Å². The largest absolute Gasteiger partial charge is 0.398 e. The lowest BCUT2D eigenvalue weighted by Crippen LogP contribution is -2.14. The molecule has 2 aromatic rings. The van der Waals surface area contributed by atoms with E-state index in [9.17, 15) is 8.42 Å². The molecule has 1 heterocycles. The summed E-state index contributed by atoms with van der Waals surface area (Å²) in [5.74, 6) is 0. The van der Waals surface area contributed by atoms with Gasteiger partial charge in [-0.05, 0) is 49.2 Å². The van der Waals surface area contributed by atoms with E-state index in [2.05, 4.69) is 9.71 Å². The first kappa shape index (κ1) is 14.6. The van der Waals surface area contributed by atoms with E-state index in [1.54, 1.807) is 6.07 Å². The van der Waals surface area contributed by atoms with Gasteiger partial charge < -0.3 is 5.73 Å². The van der Waals surface area contributed by atoms with Crippen molar-refractivity contribution in [3.05, 3.63) is 46.7 Å². The monoisotopic (exact) mass is 311 g/mol. The molecule has 3 N–H and O–H groups in total. The summed E-state index contributed by atoms with van der Waals surface area (Å²) in [5.41, 5.74) is 8.29. The molecule has 20 heavy (non-hydrogen) atoms. The van der Waals surface area contributed by atoms with E-state index >= 15 is 0 Å². The molecule has 106 valence electrons. The van der Waals surface area contributed by atoms with Crippen molar-refractivity contribution in [2.45, 2.75) is 18.7 Å². The molecule has 0 saturated carbocycles. The van der Waals surface area contributed by atoms with Crippen LogP contribution in [0, 0.1) is 13.8 Å². The molecular formula is C13H14ClN3O2S. The maximum atomic E-state index is 12.3. The summed E-state index contributed by atoms with van der Waals surface area (Å²) in [4.78, 5) is 3.91. The lowest BCUT2D eigenvalue weighted by molar-refractivity contribution is 0.601. The molecule has 0 aliphatic rings. The van der Waals surface area contributed by atoms with Gasteiger partial charge in [0.2, 0.25) is 0 Å². The molecule has 0 spiro atoms. The quantitative estimate of drug-likeness (QED) is 0.674. The molecule has 0 aliphatic carbocycles. The number of nitrogens with zero attached hydrogens (tertiary/aromatic N) is 1. The summed E-state index contributed by atoms with van der Waals surface area (Å²) >= 11 is 5.73. The second kappa shape index (κ2) is 5.30. The number of hydrogen-bond acceptors (Lipinski definition) is 4. The maximum absolute atomic E-state index is 12.3. The molecule has 7 heteroatoms. The molecule has 5 nitrogen and oxygen atoms in total. The minimum atomic E-state index is -3.71. The zero-order valence-corrected chi connectivity index (χ0v) is 12.6. The molecule has 0 atom stereocenters. The van der Waals surface area contributed by atoms with Crippen LogP contribution in [0.5, 0.6) is 0 Å². The number of aryl methyl sites for hydroxylation is 1. The average molecular weight is 312 g/mol. The second-order valence-electron chi connectivity index (χ2n) is 4.43. The van der Waals surface area contributed by atoms with Crippen molar-refractivity contribution in [1.82, 2.24) is 4.98 Å². The van der Waals surface area contributed by atoms with Gasteiger partial charge in [0.15, 0.2) is 0 Å². The number of aromatic nitrogens is 1. The van der Waals surface area contributed by atoms with E-state index in [1.165, 1.54) is 24.4 Å². The van der Waals surface area contributed by atoms with Crippen LogP contribution in [0.15, 0.2) is 35.4 Å². The summed E-state index contributed by atoms with van der Waals surface area (Å²) < 4.78 is 27.0. The highest BCUT2D eigenvalue weighted by atomic mass is 35.5. The van der Waals surface area contributed by atoms with Crippen LogP contribution in [-0.4, -0.2) is 13.4 Å². The van der Waals surface area contributed by atoms with Gasteiger partial charge in [0, 0.05) is 11.9 Å². The Bertz CT molecular complexity index is 737. The van der Waals surface area contributed by atoms with Gasteiger partial charge in [-0.15, -0.1) is 0 Å². The predicted octanol–water partition coefficient (Wildman–Crippen LogP) is 2.73. The molecule has 0 amide bonds. The number of hydrogen-bond donors (Lipinski definition) is 2. The number of pyridine rings is 1. The van der Waals surface area contributed by atoms with Gasteiger partial charge in [0.05, 0.1) is 10.6 Å². The van der Waals surface area contributed by atoms with E-state index in [0.717, 1.165) is 11.1 Å². The summed E-state index contributed by atoms with van der Waals surface area (Å²) in [7, 11) is -3.71. The van der Waals surface area contributed by atoms with E-state index in [4.69, 9.17) is 17.3 Å². The standard InChI is InChI=1S/C13H14ClN3O2S/c1-8-5-11(7-12(15)9(8)2)20(18,19)17-10-3-4-16-13(14)6-10/h3-7H,15H2,1-2H3,(H,16,17). The number of nitrogen functional groups attached to an aromatic ring is 1. The number of anilines is 2. The van der Waals surface area contributed by atoms with Crippen LogP contribution in [0.4, 0.5) is 11.4 Å². The third-order valence-corrected chi connectivity index (χ3v) is 4.54. The molecule has 0 saturated heterocycles.